The predicted octanol–water partition coefficient (Wildman–Crippen LogP) is 4.54. The smallest absolute Gasteiger partial charge is 0.340 e. The van der Waals surface area contributed by atoms with Crippen molar-refractivity contribution < 1.29 is 24.2 Å². The van der Waals surface area contributed by atoms with Gasteiger partial charge in [-0.05, 0) is 37.2 Å². The number of hydrogen-bond donors (Lipinski definition) is 2. The highest BCUT2D eigenvalue weighted by Gasteiger charge is 2.29. The van der Waals surface area contributed by atoms with Crippen molar-refractivity contribution in [2.45, 2.75) is 39.3 Å². The number of likely N-dealkylation sites (N-methyl/N-ethyl adjacent to an activating group) is 1. The largest absolute Gasteiger partial charge is 0.478 e. The lowest BCUT2D eigenvalue weighted by Crippen LogP contribution is -2.35. The van der Waals surface area contributed by atoms with E-state index in [0.717, 1.165) is 30.8 Å². The number of carboxylic acid groups (broad SMARTS) is 1. The molecule has 9 heteroatoms. The molecule has 0 bridgehead atoms. The Balaban J connectivity index is 1.62. The molecule has 182 valence electrons. The zero-order chi connectivity index (χ0) is 25.1. The number of para-hydroxylation sites is 1. The second-order valence-electron chi connectivity index (χ2n) is 8.34. The highest BCUT2D eigenvalue weighted by atomic mass is 35.5. The van der Waals surface area contributed by atoms with Crippen LogP contribution >= 0.6 is 11.6 Å². The molecule has 3 aromatic rings. The molecule has 2 aromatic carbocycles. The van der Waals surface area contributed by atoms with E-state index in [9.17, 15) is 19.5 Å². The first-order valence-electron chi connectivity index (χ1n) is 11.5. The first kappa shape index (κ1) is 24.6. The molecule has 1 aromatic heterocycles. The van der Waals surface area contributed by atoms with E-state index in [2.05, 4.69) is 17.1 Å². The van der Waals surface area contributed by atoms with Gasteiger partial charge in [-0.25, -0.2) is 9.59 Å². The summed E-state index contributed by atoms with van der Waals surface area (Å²) in [6, 6.07) is 11.6. The lowest BCUT2D eigenvalue weighted by Gasteiger charge is -2.29. The fraction of sp³-hybridized carbons (Fsp3) is 0.308. The summed E-state index contributed by atoms with van der Waals surface area (Å²) in [6.45, 7) is 6.10. The maximum absolute atomic E-state index is 13.5. The summed E-state index contributed by atoms with van der Waals surface area (Å²) in [7, 11) is 0. The van der Waals surface area contributed by atoms with Crippen molar-refractivity contribution in [2.75, 3.05) is 18.4 Å². The van der Waals surface area contributed by atoms with Crippen molar-refractivity contribution in [2.24, 2.45) is 0 Å². The molecular weight excluding hydrogens is 470 g/mol. The monoisotopic (exact) mass is 495 g/mol. The van der Waals surface area contributed by atoms with Gasteiger partial charge < -0.3 is 15.2 Å². The van der Waals surface area contributed by atoms with Crippen molar-refractivity contribution in [3.05, 3.63) is 69.9 Å². The summed E-state index contributed by atoms with van der Waals surface area (Å²) in [5, 5.41) is 12.6. The number of hydrogen-bond acceptors (Lipinski definition) is 6. The number of anilines is 1. The summed E-state index contributed by atoms with van der Waals surface area (Å²) in [5.41, 5.74) is 2.97. The Bertz CT molecular complexity index is 1310. The molecule has 1 amide bonds. The van der Waals surface area contributed by atoms with Crippen LogP contribution in [0.5, 0.6) is 0 Å². The van der Waals surface area contributed by atoms with Crippen LogP contribution in [0, 0.1) is 0 Å². The van der Waals surface area contributed by atoms with Gasteiger partial charge in [0.2, 0.25) is 0 Å². The van der Waals surface area contributed by atoms with Crippen LogP contribution in [0.15, 0.2) is 42.5 Å². The number of pyridine rings is 1. The number of nitrogens with zero attached hydrogens (tertiary/aromatic N) is 2. The zero-order valence-corrected chi connectivity index (χ0v) is 20.3. The fourth-order valence-electron chi connectivity index (χ4n) is 4.25. The number of amides is 1. The fourth-order valence-corrected chi connectivity index (χ4v) is 4.45. The Morgan fingerprint density at radius 3 is 2.69 bits per heavy atom. The highest BCUT2D eigenvalue weighted by molar-refractivity contribution is 6.33. The number of carbonyl (C=O) groups is 3. The van der Waals surface area contributed by atoms with Crippen LogP contribution in [0.2, 0.25) is 5.02 Å². The minimum atomic E-state index is -1.21. The molecule has 4 rings (SSSR count). The van der Waals surface area contributed by atoms with Crippen molar-refractivity contribution in [3.8, 4) is 0 Å². The molecule has 0 spiro atoms. The molecule has 1 atom stereocenters. The highest BCUT2D eigenvalue weighted by Crippen LogP contribution is 2.29. The Labute approximate surface area is 207 Å². The van der Waals surface area contributed by atoms with E-state index in [-0.39, 0.29) is 22.7 Å². The summed E-state index contributed by atoms with van der Waals surface area (Å²) in [6.07, 6.45) is -0.0996. The number of rotatable bonds is 7. The van der Waals surface area contributed by atoms with Gasteiger partial charge in [0.15, 0.2) is 6.10 Å². The van der Waals surface area contributed by atoms with Gasteiger partial charge in [0.1, 0.15) is 0 Å². The van der Waals surface area contributed by atoms with Gasteiger partial charge >= 0.3 is 11.9 Å². The van der Waals surface area contributed by atoms with Crippen LogP contribution in [-0.2, 0) is 22.5 Å². The second-order valence-corrected chi connectivity index (χ2v) is 8.75. The lowest BCUT2D eigenvalue weighted by molar-refractivity contribution is -0.124. The number of carboxylic acids is 1. The summed E-state index contributed by atoms with van der Waals surface area (Å²) < 4.78 is 5.72. The van der Waals surface area contributed by atoms with Crippen LogP contribution in [0.4, 0.5) is 5.69 Å². The zero-order valence-electron chi connectivity index (χ0n) is 19.5. The number of esters is 1. The first-order valence-corrected chi connectivity index (χ1v) is 11.9. The van der Waals surface area contributed by atoms with Crippen LogP contribution in [0.3, 0.4) is 0 Å². The molecule has 0 saturated carbocycles. The van der Waals surface area contributed by atoms with E-state index in [4.69, 9.17) is 21.3 Å². The molecule has 1 aliphatic heterocycles. The van der Waals surface area contributed by atoms with Crippen molar-refractivity contribution in [1.29, 1.82) is 0 Å². The predicted molar refractivity (Wildman–Crippen MR) is 133 cm³/mol. The minimum absolute atomic E-state index is 0.0597. The molecule has 0 fully saturated rings. The van der Waals surface area contributed by atoms with Crippen LogP contribution in [-0.4, -0.2) is 52.0 Å². The van der Waals surface area contributed by atoms with Gasteiger partial charge in [0.05, 0.1) is 21.7 Å². The Morgan fingerprint density at radius 2 is 1.97 bits per heavy atom. The van der Waals surface area contributed by atoms with Crippen molar-refractivity contribution >= 4 is 46.0 Å². The molecule has 8 nitrogen and oxygen atoms in total. The van der Waals surface area contributed by atoms with E-state index >= 15 is 0 Å². The quantitative estimate of drug-likeness (QED) is 0.463. The third-order valence-electron chi connectivity index (χ3n) is 6.15. The van der Waals surface area contributed by atoms with E-state index in [1.165, 1.54) is 18.2 Å². The average Bonchev–Trinajstić information content (AvgIpc) is 2.86. The maximum Gasteiger partial charge on any atom is 0.340 e. The van der Waals surface area contributed by atoms with Crippen LogP contribution < -0.4 is 5.32 Å². The number of fused-ring (bicyclic) bond motifs is 2. The van der Waals surface area contributed by atoms with Crippen LogP contribution in [0.25, 0.3) is 10.9 Å². The number of ether oxygens (including phenoxy) is 1. The summed E-state index contributed by atoms with van der Waals surface area (Å²) in [5.74, 6) is -2.34. The third-order valence-corrected chi connectivity index (χ3v) is 6.48. The molecule has 1 unspecified atom stereocenters. The number of aromatic carboxylic acids is 1. The summed E-state index contributed by atoms with van der Waals surface area (Å²) in [4.78, 5) is 44.8. The third kappa shape index (κ3) is 5.13. The number of carbonyl (C=O) groups excluding carboxylic acids is 2. The number of halogens is 1. The number of nitrogens with one attached hydrogen (secondary N) is 1. The Morgan fingerprint density at radius 1 is 1.20 bits per heavy atom. The second kappa shape index (κ2) is 10.4. The first-order chi connectivity index (χ1) is 16.8. The lowest BCUT2D eigenvalue weighted by atomic mass is 9.95. The molecule has 1 aliphatic rings. The van der Waals surface area contributed by atoms with E-state index in [1.54, 1.807) is 6.92 Å². The van der Waals surface area contributed by atoms with Gasteiger partial charge in [-0.3, -0.25) is 14.7 Å². The van der Waals surface area contributed by atoms with E-state index in [1.807, 2.05) is 24.3 Å². The van der Waals surface area contributed by atoms with Crippen molar-refractivity contribution in [1.82, 2.24) is 9.88 Å². The van der Waals surface area contributed by atoms with Gasteiger partial charge in [0, 0.05) is 41.8 Å². The molecule has 35 heavy (non-hydrogen) atoms. The van der Waals surface area contributed by atoms with Crippen molar-refractivity contribution in [3.63, 3.8) is 0 Å². The molecule has 0 radical (unpaired) electrons. The minimum Gasteiger partial charge on any atom is -0.478 e. The van der Waals surface area contributed by atoms with E-state index in [0.29, 0.717) is 23.0 Å². The van der Waals surface area contributed by atoms with Crippen LogP contribution in [0.1, 0.15) is 52.2 Å². The SMILES string of the molecule is CCC(OC(=O)c1c2c(nc3ccccc13)CCN(CC)C2)C(=O)Nc1ccc(Cl)c(C(=O)O)c1. The average molecular weight is 496 g/mol. The summed E-state index contributed by atoms with van der Waals surface area (Å²) >= 11 is 5.91. The topological polar surface area (TPSA) is 109 Å². The van der Waals surface area contributed by atoms with Gasteiger partial charge in [-0.1, -0.05) is 43.6 Å². The molecule has 0 saturated heterocycles. The Hall–Kier alpha value is -3.49. The molecule has 0 aliphatic carbocycles. The molecule has 2 N–H and O–H groups in total. The number of aromatic nitrogens is 1. The van der Waals surface area contributed by atoms with Gasteiger partial charge in [-0.2, -0.15) is 0 Å². The normalized spacial score (nSPS) is 14.3. The van der Waals surface area contributed by atoms with Gasteiger partial charge in [0.25, 0.3) is 5.91 Å². The Kier molecular flexibility index (Phi) is 7.33. The molecule has 2 heterocycles. The maximum atomic E-state index is 13.5. The standard InChI is InChI=1S/C26H26ClN3O5/c1-3-22(24(31)28-15-9-10-19(27)17(13-15)25(32)33)35-26(34)23-16-7-5-6-8-20(16)29-21-11-12-30(4-2)14-18(21)23/h5-10,13,22H,3-4,11-12,14H2,1-2H3,(H,28,31)(H,32,33). The van der Waals surface area contributed by atoms with E-state index < -0.39 is 23.9 Å². The number of benzene rings is 2. The molecular formula is C26H26ClN3O5. The van der Waals surface area contributed by atoms with Gasteiger partial charge in [-0.15, -0.1) is 0 Å².